The van der Waals surface area contributed by atoms with Crippen LogP contribution < -0.4 is 0 Å². The Morgan fingerprint density at radius 3 is 2.54 bits per heavy atom. The Labute approximate surface area is 150 Å². The van der Waals surface area contributed by atoms with Crippen molar-refractivity contribution in [2.24, 2.45) is 4.99 Å². The molecule has 2 heterocycles. The number of hydrogen-bond acceptors (Lipinski definition) is 5. The van der Waals surface area contributed by atoms with Crippen molar-refractivity contribution in [1.82, 2.24) is 19.8 Å². The van der Waals surface area contributed by atoms with Gasteiger partial charge in [-0.2, -0.15) is 5.06 Å². The van der Waals surface area contributed by atoms with Gasteiger partial charge in [-0.05, 0) is 18.2 Å². The van der Waals surface area contributed by atoms with E-state index in [4.69, 9.17) is 4.84 Å². The summed E-state index contributed by atoms with van der Waals surface area (Å²) < 4.78 is 16.3. The molecule has 132 valence electrons. The number of hydroxylamine groups is 2. The summed E-state index contributed by atoms with van der Waals surface area (Å²) in [6, 6.07) is 14.4. The molecule has 0 saturated carbocycles. The van der Waals surface area contributed by atoms with Crippen LogP contribution in [0.5, 0.6) is 0 Å². The van der Waals surface area contributed by atoms with Gasteiger partial charge < -0.3 is 0 Å². The highest BCUT2D eigenvalue weighted by Crippen LogP contribution is 2.26. The highest BCUT2D eigenvalue weighted by Gasteiger charge is 2.23. The van der Waals surface area contributed by atoms with Crippen LogP contribution in [-0.4, -0.2) is 39.6 Å². The van der Waals surface area contributed by atoms with Gasteiger partial charge in [-0.1, -0.05) is 30.3 Å². The lowest BCUT2D eigenvalue weighted by atomic mass is 10.00. The van der Waals surface area contributed by atoms with Crippen molar-refractivity contribution in [1.29, 1.82) is 0 Å². The van der Waals surface area contributed by atoms with Crippen molar-refractivity contribution in [3.8, 4) is 5.69 Å². The molecule has 1 aromatic heterocycles. The number of aromatic nitrogens is 3. The smallest absolute Gasteiger partial charge is 0.165 e. The summed E-state index contributed by atoms with van der Waals surface area (Å²) in [4.78, 5) is 10.2. The molecule has 6 nitrogen and oxygen atoms in total. The van der Waals surface area contributed by atoms with Crippen molar-refractivity contribution in [2.45, 2.75) is 13.2 Å². The lowest BCUT2D eigenvalue weighted by Gasteiger charge is -2.15. The normalized spacial score (nSPS) is 13.2. The second-order valence-corrected chi connectivity index (χ2v) is 6.12. The number of fused-ring (bicyclic) bond motifs is 3. The molecule has 0 atom stereocenters. The zero-order chi connectivity index (χ0) is 18.1. The van der Waals surface area contributed by atoms with Gasteiger partial charge in [-0.25, -0.2) is 4.39 Å². The number of para-hydroxylation sites is 1. The molecule has 7 heteroatoms. The van der Waals surface area contributed by atoms with E-state index in [9.17, 15) is 4.39 Å². The average Bonchev–Trinajstić information content (AvgIpc) is 2.97. The topological polar surface area (TPSA) is 55.5 Å². The Morgan fingerprint density at radius 1 is 1.04 bits per heavy atom. The van der Waals surface area contributed by atoms with Crippen LogP contribution in [0.3, 0.4) is 0 Å². The number of benzene rings is 2. The second kappa shape index (κ2) is 6.78. The van der Waals surface area contributed by atoms with Gasteiger partial charge >= 0.3 is 0 Å². The zero-order valence-electron chi connectivity index (χ0n) is 14.6. The van der Waals surface area contributed by atoms with E-state index in [1.54, 1.807) is 17.2 Å². The van der Waals surface area contributed by atoms with E-state index in [2.05, 4.69) is 15.2 Å². The number of rotatable bonds is 4. The fraction of sp³-hybridized carbons (Fsp3) is 0.211. The van der Waals surface area contributed by atoms with Gasteiger partial charge in [0.1, 0.15) is 19.0 Å². The summed E-state index contributed by atoms with van der Waals surface area (Å²) in [5.74, 6) is 1.07. The lowest BCUT2D eigenvalue weighted by molar-refractivity contribution is -0.133. The van der Waals surface area contributed by atoms with Gasteiger partial charge in [0.2, 0.25) is 0 Å². The lowest BCUT2D eigenvalue weighted by Crippen LogP contribution is -2.15. The van der Waals surface area contributed by atoms with Gasteiger partial charge in [0.15, 0.2) is 11.6 Å². The van der Waals surface area contributed by atoms with Crippen LogP contribution in [0.25, 0.3) is 5.69 Å². The molecule has 0 unspecified atom stereocenters. The molecule has 1 aliphatic heterocycles. The molecule has 3 aromatic rings. The highest BCUT2D eigenvalue weighted by atomic mass is 19.1. The van der Waals surface area contributed by atoms with Crippen molar-refractivity contribution in [3.63, 3.8) is 0 Å². The summed E-state index contributed by atoms with van der Waals surface area (Å²) in [5, 5.41) is 10.1. The largest absolute Gasteiger partial charge is 0.291 e. The molecule has 0 N–H and O–H groups in total. The van der Waals surface area contributed by atoms with E-state index in [1.165, 1.54) is 6.07 Å². The third-order valence-electron chi connectivity index (χ3n) is 4.16. The second-order valence-electron chi connectivity index (χ2n) is 6.12. The number of nitrogens with zero attached hydrogens (tertiary/aromatic N) is 5. The first-order valence-electron chi connectivity index (χ1n) is 8.27. The number of aliphatic imine (C=N–C) groups is 1. The van der Waals surface area contributed by atoms with Crippen LogP contribution in [0, 0.1) is 5.82 Å². The molecule has 0 radical (unpaired) electrons. The highest BCUT2D eigenvalue weighted by molar-refractivity contribution is 6.15. The molecular formula is C19H18FN5O. The molecule has 0 saturated heterocycles. The van der Waals surface area contributed by atoms with E-state index < -0.39 is 0 Å². The van der Waals surface area contributed by atoms with Crippen molar-refractivity contribution >= 4 is 5.71 Å². The minimum atomic E-state index is -0.296. The Kier molecular flexibility index (Phi) is 4.32. The molecule has 0 amide bonds. The molecule has 1 aliphatic rings. The third-order valence-corrected chi connectivity index (χ3v) is 4.16. The first-order valence-corrected chi connectivity index (χ1v) is 8.27. The van der Waals surface area contributed by atoms with Crippen molar-refractivity contribution < 1.29 is 9.23 Å². The maximum Gasteiger partial charge on any atom is 0.165 e. The van der Waals surface area contributed by atoms with E-state index in [0.717, 1.165) is 11.3 Å². The Bertz CT molecular complexity index is 980. The molecule has 0 spiro atoms. The SMILES string of the molecule is CN(C)OCc1nnc2n1-c1ccccc1C(c1ccccc1F)=NC2. The van der Waals surface area contributed by atoms with Gasteiger partial charge in [0.25, 0.3) is 0 Å². The predicted molar refractivity (Wildman–Crippen MR) is 95.6 cm³/mol. The van der Waals surface area contributed by atoms with E-state index in [-0.39, 0.29) is 12.4 Å². The zero-order valence-corrected chi connectivity index (χ0v) is 14.6. The first kappa shape index (κ1) is 16.6. The van der Waals surface area contributed by atoms with Gasteiger partial charge in [-0.3, -0.25) is 14.4 Å². The predicted octanol–water partition coefficient (Wildman–Crippen LogP) is 2.75. The third kappa shape index (κ3) is 2.91. The summed E-state index contributed by atoms with van der Waals surface area (Å²) >= 11 is 0. The number of halogens is 1. The quantitative estimate of drug-likeness (QED) is 0.678. The van der Waals surface area contributed by atoms with Crippen molar-refractivity contribution in [3.05, 3.63) is 77.1 Å². The standard InChI is InChI=1S/C19H18FN5O/c1-24(2)26-12-18-23-22-17-11-21-19(13-7-3-5-9-15(13)20)14-8-4-6-10-16(14)25(17)18/h3-10H,11-12H2,1-2H3. The molecule has 0 fully saturated rings. The maximum absolute atomic E-state index is 14.4. The Hall–Kier alpha value is -2.90. The molecule has 4 rings (SSSR count). The summed E-state index contributed by atoms with van der Waals surface area (Å²) in [6.45, 7) is 0.594. The van der Waals surface area contributed by atoms with Gasteiger partial charge in [0, 0.05) is 25.2 Å². The average molecular weight is 351 g/mol. The van der Waals surface area contributed by atoms with Crippen LogP contribution in [0.4, 0.5) is 4.39 Å². The summed E-state index contributed by atoms with van der Waals surface area (Å²) in [7, 11) is 3.63. The monoisotopic (exact) mass is 351 g/mol. The molecule has 2 aromatic carbocycles. The molecule has 26 heavy (non-hydrogen) atoms. The first-order chi connectivity index (χ1) is 12.6. The fourth-order valence-electron chi connectivity index (χ4n) is 3.00. The van der Waals surface area contributed by atoms with Crippen LogP contribution in [0.2, 0.25) is 0 Å². The Balaban J connectivity index is 1.86. The fourth-order valence-corrected chi connectivity index (χ4v) is 3.00. The molecule has 0 bridgehead atoms. The van der Waals surface area contributed by atoms with Crippen LogP contribution in [0.1, 0.15) is 22.8 Å². The number of hydrogen-bond donors (Lipinski definition) is 0. The van der Waals surface area contributed by atoms with Crippen LogP contribution in [0.15, 0.2) is 53.5 Å². The van der Waals surface area contributed by atoms with Crippen LogP contribution in [-0.2, 0) is 18.0 Å². The van der Waals surface area contributed by atoms with Crippen LogP contribution >= 0.6 is 0 Å². The minimum Gasteiger partial charge on any atom is -0.291 e. The Morgan fingerprint density at radius 2 is 1.77 bits per heavy atom. The van der Waals surface area contributed by atoms with Gasteiger partial charge in [-0.15, -0.1) is 10.2 Å². The summed E-state index contributed by atoms with van der Waals surface area (Å²) in [6.07, 6.45) is 0. The van der Waals surface area contributed by atoms with Crippen molar-refractivity contribution in [2.75, 3.05) is 14.1 Å². The molecule has 0 aliphatic carbocycles. The minimum absolute atomic E-state index is 0.281. The molecular weight excluding hydrogens is 333 g/mol. The summed E-state index contributed by atoms with van der Waals surface area (Å²) in [5.41, 5.74) is 2.79. The maximum atomic E-state index is 14.4. The van der Waals surface area contributed by atoms with E-state index >= 15 is 0 Å². The van der Waals surface area contributed by atoms with E-state index in [1.807, 2.05) is 49.0 Å². The van der Waals surface area contributed by atoms with E-state index in [0.29, 0.717) is 29.5 Å². The van der Waals surface area contributed by atoms with Gasteiger partial charge in [0.05, 0.1) is 11.4 Å².